The fourth-order valence-corrected chi connectivity index (χ4v) is 8.57. The molecule has 7 atom stereocenters. The largest absolute Gasteiger partial charge is 0.463 e. The molecule has 0 radical (unpaired) electrons. The van der Waals surface area contributed by atoms with Crippen LogP contribution in [0.3, 0.4) is 0 Å². The van der Waals surface area contributed by atoms with E-state index in [0.717, 1.165) is 16.6 Å². The number of carbonyl (C=O) groups excluding carboxylic acids is 4. The maximum Gasteiger partial charge on any atom is 0.306 e. The molecule has 13 heteroatoms. The van der Waals surface area contributed by atoms with E-state index in [0.29, 0.717) is 24.8 Å². The predicted molar refractivity (Wildman–Crippen MR) is 203 cm³/mol. The Morgan fingerprint density at radius 1 is 1.04 bits per heavy atom. The van der Waals surface area contributed by atoms with Crippen molar-refractivity contribution in [2.24, 2.45) is 11.8 Å². The number of hydrogen-bond acceptors (Lipinski definition) is 9. The molecule has 3 aliphatic heterocycles. The van der Waals surface area contributed by atoms with Crippen LogP contribution in [0.5, 0.6) is 0 Å². The normalized spacial score (nSPS) is 23.6. The number of allylic oxidation sites excluding steroid dienone is 1. The maximum absolute atomic E-state index is 15.1. The number of aromatic nitrogens is 3. The number of nitrogens with zero attached hydrogens (tertiary/aromatic N) is 5. The van der Waals surface area contributed by atoms with Crippen LogP contribution in [0.2, 0.25) is 0 Å². The van der Waals surface area contributed by atoms with Crippen LogP contribution in [0.15, 0.2) is 110 Å². The molecular weight excluding hydrogens is 700 g/mol. The Morgan fingerprint density at radius 2 is 1.76 bits per heavy atom. The molecule has 3 amide bonds. The minimum atomic E-state index is -1.34. The van der Waals surface area contributed by atoms with Crippen molar-refractivity contribution in [1.29, 1.82) is 0 Å². The van der Waals surface area contributed by atoms with Gasteiger partial charge in [-0.3, -0.25) is 19.2 Å². The highest BCUT2D eigenvalue weighted by Gasteiger charge is 2.75. The molecular formula is C42H46N6O7. The van der Waals surface area contributed by atoms with Gasteiger partial charge in [-0.2, -0.15) is 0 Å². The number of carbonyl (C=O) groups is 4. The maximum atomic E-state index is 15.1. The third kappa shape index (κ3) is 7.29. The highest BCUT2D eigenvalue weighted by atomic mass is 16.5. The number of para-hydroxylation sites is 1. The number of aliphatic hydroxyl groups excluding tert-OH is 1. The van der Waals surface area contributed by atoms with Crippen molar-refractivity contribution in [1.82, 2.24) is 30.1 Å². The fraction of sp³-hybridized carbons (Fsp3) is 0.381. The molecule has 2 bridgehead atoms. The highest BCUT2D eigenvalue weighted by Crippen LogP contribution is 2.59. The van der Waals surface area contributed by atoms with E-state index in [1.165, 1.54) is 4.90 Å². The van der Waals surface area contributed by atoms with Crippen molar-refractivity contribution < 1.29 is 33.8 Å². The number of rotatable bonds is 17. The van der Waals surface area contributed by atoms with E-state index >= 15 is 4.79 Å². The number of nitrogens with one attached hydrogen (secondary N) is 1. The van der Waals surface area contributed by atoms with E-state index in [2.05, 4.69) is 28.8 Å². The second-order valence-corrected chi connectivity index (χ2v) is 14.4. The Balaban J connectivity index is 1.23. The molecule has 3 aliphatic rings. The van der Waals surface area contributed by atoms with Gasteiger partial charge in [0.25, 0.3) is 0 Å². The van der Waals surface area contributed by atoms with Gasteiger partial charge in [-0.25, -0.2) is 4.68 Å². The molecule has 1 spiro atoms. The molecule has 3 fully saturated rings. The quantitative estimate of drug-likeness (QED) is 0.121. The summed E-state index contributed by atoms with van der Waals surface area (Å²) in [6, 6.07) is 23.4. The molecule has 3 saturated heterocycles. The van der Waals surface area contributed by atoms with Gasteiger partial charge in [-0.1, -0.05) is 90.2 Å². The van der Waals surface area contributed by atoms with Crippen LogP contribution >= 0.6 is 0 Å². The number of benzene rings is 3. The molecule has 0 unspecified atom stereocenters. The zero-order valence-corrected chi connectivity index (χ0v) is 30.6. The van der Waals surface area contributed by atoms with Crippen LogP contribution in [0.4, 0.5) is 0 Å². The summed E-state index contributed by atoms with van der Waals surface area (Å²) < 4.78 is 13.9. The summed E-state index contributed by atoms with van der Waals surface area (Å²) >= 11 is 0. The number of hydrogen-bond donors (Lipinski definition) is 2. The van der Waals surface area contributed by atoms with Crippen molar-refractivity contribution in [2.75, 3.05) is 19.8 Å². The van der Waals surface area contributed by atoms with Crippen molar-refractivity contribution in [3.05, 3.63) is 121 Å². The van der Waals surface area contributed by atoms with Gasteiger partial charge in [-0.15, -0.1) is 18.3 Å². The number of aliphatic hydroxyl groups is 1. The number of likely N-dealkylation sites (tertiary alicyclic amines) is 1. The smallest absolute Gasteiger partial charge is 0.306 e. The van der Waals surface area contributed by atoms with E-state index in [1.807, 2.05) is 84.9 Å². The lowest BCUT2D eigenvalue weighted by molar-refractivity contribution is -0.152. The van der Waals surface area contributed by atoms with Gasteiger partial charge >= 0.3 is 5.97 Å². The molecule has 1 aromatic heterocycles. The summed E-state index contributed by atoms with van der Waals surface area (Å²) in [5, 5.41) is 22.5. The summed E-state index contributed by atoms with van der Waals surface area (Å²) in [6.45, 7) is 7.18. The Hall–Kier alpha value is -5.66. The van der Waals surface area contributed by atoms with Gasteiger partial charge in [0.1, 0.15) is 30.4 Å². The average Bonchev–Trinajstić information content (AvgIpc) is 3.97. The SMILES string of the molecule is C=CCCC(=O)OC[C@@H](NC(=O)[C@@H]1[C@H]2C(=O)N([C@@H](CO)Cc3ccccc3)[C@H](C(=O)N(CC=C)Cn3nnc4ccccc43)[C@]23CC[C@H]1O3)c1ccccc1. The predicted octanol–water partition coefficient (Wildman–Crippen LogP) is 3.75. The van der Waals surface area contributed by atoms with Crippen molar-refractivity contribution in [3.63, 3.8) is 0 Å². The number of ether oxygens (including phenoxy) is 2. The standard InChI is InChI=1S/C42H46N6O7/c1-3-5-20-35(50)54-26-32(29-16-10-7-11-17-29)43-39(51)36-34-21-22-42(55-34)37(36)40(52)48(30(25-49)24-28-14-8-6-9-15-28)38(42)41(53)46(23-4-2)27-47-33-19-13-12-18-31(33)44-45-47/h3-4,6-19,30,32,34,36-38,49H,1-2,5,20-27H2,(H,43,51)/t30-,32-,34-,36+,37+,38-,42+/m1/s1. The summed E-state index contributed by atoms with van der Waals surface area (Å²) in [5.74, 6) is -3.63. The van der Waals surface area contributed by atoms with Gasteiger partial charge in [0, 0.05) is 13.0 Å². The average molecular weight is 747 g/mol. The van der Waals surface area contributed by atoms with Crippen molar-refractivity contribution in [3.8, 4) is 0 Å². The molecule has 286 valence electrons. The zero-order chi connectivity index (χ0) is 38.5. The molecule has 7 rings (SSSR count). The lowest BCUT2D eigenvalue weighted by Gasteiger charge is -2.39. The highest BCUT2D eigenvalue weighted by molar-refractivity contribution is 5.99. The van der Waals surface area contributed by atoms with Crippen molar-refractivity contribution in [2.45, 2.75) is 68.6 Å². The molecule has 13 nitrogen and oxygen atoms in total. The molecule has 2 N–H and O–H groups in total. The molecule has 0 saturated carbocycles. The molecule has 4 aromatic rings. The summed E-state index contributed by atoms with van der Waals surface area (Å²) in [6.07, 6.45) is 4.32. The van der Waals surface area contributed by atoms with E-state index in [9.17, 15) is 19.5 Å². The molecule has 4 heterocycles. The number of amides is 3. The van der Waals surface area contributed by atoms with Crippen LogP contribution in [0, 0.1) is 11.8 Å². The van der Waals surface area contributed by atoms with Crippen LogP contribution in [0.25, 0.3) is 11.0 Å². The van der Waals surface area contributed by atoms with Gasteiger partial charge < -0.3 is 29.7 Å². The van der Waals surface area contributed by atoms with Crippen LogP contribution in [-0.2, 0) is 41.7 Å². The summed E-state index contributed by atoms with van der Waals surface area (Å²) in [7, 11) is 0. The van der Waals surface area contributed by atoms with Gasteiger partial charge in [-0.05, 0) is 48.9 Å². The zero-order valence-electron chi connectivity index (χ0n) is 30.6. The second kappa shape index (κ2) is 16.4. The summed E-state index contributed by atoms with van der Waals surface area (Å²) in [5.41, 5.74) is 1.66. The van der Waals surface area contributed by atoms with Crippen LogP contribution in [-0.4, -0.2) is 97.1 Å². The van der Waals surface area contributed by atoms with E-state index < -0.39 is 72.0 Å². The van der Waals surface area contributed by atoms with E-state index in [1.54, 1.807) is 21.7 Å². The first-order chi connectivity index (χ1) is 26.8. The lowest BCUT2D eigenvalue weighted by atomic mass is 9.70. The monoisotopic (exact) mass is 746 g/mol. The fourth-order valence-electron chi connectivity index (χ4n) is 8.57. The minimum Gasteiger partial charge on any atom is -0.463 e. The van der Waals surface area contributed by atoms with Crippen LogP contribution in [0.1, 0.15) is 42.9 Å². The van der Waals surface area contributed by atoms with Gasteiger partial charge in [0.15, 0.2) is 0 Å². The van der Waals surface area contributed by atoms with E-state index in [-0.39, 0.29) is 32.7 Å². The Labute approximate surface area is 319 Å². The third-order valence-corrected chi connectivity index (χ3v) is 11.1. The Kier molecular flexibility index (Phi) is 11.2. The number of esters is 1. The first-order valence-electron chi connectivity index (χ1n) is 18.7. The van der Waals surface area contributed by atoms with Crippen molar-refractivity contribution >= 4 is 34.7 Å². The number of fused-ring (bicyclic) bond motifs is 2. The Morgan fingerprint density at radius 3 is 2.49 bits per heavy atom. The molecule has 3 aromatic carbocycles. The molecule has 0 aliphatic carbocycles. The first kappa shape index (κ1) is 37.6. The summed E-state index contributed by atoms with van der Waals surface area (Å²) in [4.78, 5) is 60.1. The first-order valence-corrected chi connectivity index (χ1v) is 18.7. The third-order valence-electron chi connectivity index (χ3n) is 11.1. The van der Waals surface area contributed by atoms with Gasteiger partial charge in [0.05, 0.1) is 42.1 Å². The topological polar surface area (TPSA) is 156 Å². The van der Waals surface area contributed by atoms with Gasteiger partial charge in [0.2, 0.25) is 17.7 Å². The lowest BCUT2D eigenvalue weighted by Crippen LogP contribution is -2.59. The molecule has 55 heavy (non-hydrogen) atoms. The minimum absolute atomic E-state index is 0.0186. The van der Waals surface area contributed by atoms with E-state index in [4.69, 9.17) is 9.47 Å². The second-order valence-electron chi connectivity index (χ2n) is 14.4. The Bertz CT molecular complexity index is 2040. The van der Waals surface area contributed by atoms with Crippen LogP contribution < -0.4 is 5.32 Å².